The molecule has 0 bridgehead atoms. The quantitative estimate of drug-likeness (QED) is 0.487. The SMILES string of the molecule is O=[N+]([O-])c1cc(Br)c(F)cc1Oc1cccc(F)n1. The first-order valence-corrected chi connectivity index (χ1v) is 5.70. The maximum absolute atomic E-state index is 13.4. The van der Waals surface area contributed by atoms with Gasteiger partial charge in [0.05, 0.1) is 9.40 Å². The van der Waals surface area contributed by atoms with Crippen LogP contribution in [0.25, 0.3) is 0 Å². The second kappa shape index (κ2) is 5.27. The lowest BCUT2D eigenvalue weighted by atomic mass is 10.3. The van der Waals surface area contributed by atoms with Crippen molar-refractivity contribution in [1.29, 1.82) is 0 Å². The average Bonchev–Trinajstić information content (AvgIpc) is 2.33. The molecule has 0 N–H and O–H groups in total. The van der Waals surface area contributed by atoms with E-state index >= 15 is 0 Å². The fourth-order valence-electron chi connectivity index (χ4n) is 1.30. The van der Waals surface area contributed by atoms with Crippen LogP contribution in [0, 0.1) is 21.9 Å². The summed E-state index contributed by atoms with van der Waals surface area (Å²) in [6.07, 6.45) is 0. The van der Waals surface area contributed by atoms with E-state index < -0.39 is 22.4 Å². The Hall–Kier alpha value is -2.09. The van der Waals surface area contributed by atoms with Gasteiger partial charge >= 0.3 is 5.69 Å². The number of nitro benzene ring substituents is 1. The van der Waals surface area contributed by atoms with Crippen molar-refractivity contribution in [3.63, 3.8) is 0 Å². The molecule has 2 aromatic rings. The largest absolute Gasteiger partial charge is 0.432 e. The minimum Gasteiger partial charge on any atom is -0.432 e. The van der Waals surface area contributed by atoms with Crippen LogP contribution < -0.4 is 4.74 Å². The van der Waals surface area contributed by atoms with Crippen LogP contribution in [0.2, 0.25) is 0 Å². The number of hydrogen-bond acceptors (Lipinski definition) is 4. The number of pyridine rings is 1. The van der Waals surface area contributed by atoms with Crippen LogP contribution in [0.4, 0.5) is 14.5 Å². The predicted molar refractivity (Wildman–Crippen MR) is 65.0 cm³/mol. The number of nitro groups is 1. The maximum atomic E-state index is 13.4. The predicted octanol–water partition coefficient (Wildman–Crippen LogP) is 3.82. The molecule has 8 heteroatoms. The van der Waals surface area contributed by atoms with Gasteiger partial charge in [0.15, 0.2) is 0 Å². The zero-order chi connectivity index (χ0) is 14.0. The van der Waals surface area contributed by atoms with E-state index in [0.717, 1.165) is 18.2 Å². The number of halogens is 3. The van der Waals surface area contributed by atoms with Crippen LogP contribution >= 0.6 is 15.9 Å². The summed E-state index contributed by atoms with van der Waals surface area (Å²) >= 11 is 2.83. The van der Waals surface area contributed by atoms with Crippen molar-refractivity contribution in [3.05, 3.63) is 56.7 Å². The normalized spacial score (nSPS) is 10.3. The van der Waals surface area contributed by atoms with Crippen molar-refractivity contribution in [3.8, 4) is 11.6 Å². The topological polar surface area (TPSA) is 65.3 Å². The molecule has 1 aromatic carbocycles. The summed E-state index contributed by atoms with van der Waals surface area (Å²) < 4.78 is 31.2. The first-order valence-electron chi connectivity index (χ1n) is 4.91. The van der Waals surface area contributed by atoms with E-state index in [1.807, 2.05) is 0 Å². The van der Waals surface area contributed by atoms with Crippen molar-refractivity contribution in [2.24, 2.45) is 0 Å². The van der Waals surface area contributed by atoms with Gasteiger partial charge in [0.25, 0.3) is 0 Å². The third-order valence-corrected chi connectivity index (χ3v) is 2.71. The number of benzene rings is 1. The summed E-state index contributed by atoms with van der Waals surface area (Å²) in [6, 6.07) is 5.49. The average molecular weight is 331 g/mol. The number of nitrogens with zero attached hydrogens (tertiary/aromatic N) is 2. The molecule has 98 valence electrons. The molecule has 2 rings (SSSR count). The first-order chi connectivity index (χ1) is 8.97. The highest BCUT2D eigenvalue weighted by Gasteiger charge is 2.20. The molecule has 1 heterocycles. The van der Waals surface area contributed by atoms with Gasteiger partial charge in [-0.2, -0.15) is 9.37 Å². The van der Waals surface area contributed by atoms with Gasteiger partial charge in [-0.25, -0.2) is 4.39 Å². The molecule has 0 radical (unpaired) electrons. The Balaban J connectivity index is 2.44. The Morgan fingerprint density at radius 1 is 1.32 bits per heavy atom. The Morgan fingerprint density at radius 3 is 2.68 bits per heavy atom. The Kier molecular flexibility index (Phi) is 3.70. The van der Waals surface area contributed by atoms with E-state index in [9.17, 15) is 18.9 Å². The Morgan fingerprint density at radius 2 is 2.05 bits per heavy atom. The van der Waals surface area contributed by atoms with Gasteiger partial charge in [-0.1, -0.05) is 6.07 Å². The van der Waals surface area contributed by atoms with E-state index in [0.29, 0.717) is 0 Å². The third-order valence-electron chi connectivity index (χ3n) is 2.10. The van der Waals surface area contributed by atoms with Gasteiger partial charge in [0.2, 0.25) is 17.6 Å². The minimum absolute atomic E-state index is 0.0706. The monoisotopic (exact) mass is 330 g/mol. The van der Waals surface area contributed by atoms with Crippen molar-refractivity contribution in [2.75, 3.05) is 0 Å². The zero-order valence-corrected chi connectivity index (χ0v) is 10.7. The summed E-state index contributed by atoms with van der Waals surface area (Å²) in [5.41, 5.74) is -0.459. The van der Waals surface area contributed by atoms with Gasteiger partial charge < -0.3 is 4.74 Å². The van der Waals surface area contributed by atoms with Crippen LogP contribution in [0.1, 0.15) is 0 Å². The lowest BCUT2D eigenvalue weighted by Gasteiger charge is -2.06. The first kappa shape index (κ1) is 13.3. The molecule has 19 heavy (non-hydrogen) atoms. The van der Waals surface area contributed by atoms with Gasteiger partial charge in [-0.05, 0) is 22.0 Å². The molecule has 0 atom stereocenters. The summed E-state index contributed by atoms with van der Waals surface area (Å²) in [6.45, 7) is 0. The maximum Gasteiger partial charge on any atom is 0.312 e. The lowest BCUT2D eigenvalue weighted by molar-refractivity contribution is -0.385. The van der Waals surface area contributed by atoms with Crippen LogP contribution in [0.5, 0.6) is 11.6 Å². The van der Waals surface area contributed by atoms with Gasteiger partial charge in [-0.3, -0.25) is 10.1 Å². The number of aromatic nitrogens is 1. The van der Waals surface area contributed by atoms with E-state index in [1.54, 1.807) is 0 Å². The number of ether oxygens (including phenoxy) is 1. The highest BCUT2D eigenvalue weighted by atomic mass is 79.9. The molecule has 0 unspecified atom stereocenters. The molecular formula is C11H5BrF2N2O3. The Labute approximate surface area is 114 Å². The minimum atomic E-state index is -0.808. The second-order valence-electron chi connectivity index (χ2n) is 3.39. The van der Waals surface area contributed by atoms with Gasteiger partial charge in [0, 0.05) is 18.2 Å². The third kappa shape index (κ3) is 3.02. The van der Waals surface area contributed by atoms with Gasteiger partial charge in [-0.15, -0.1) is 0 Å². The fourth-order valence-corrected chi connectivity index (χ4v) is 1.63. The molecule has 0 fully saturated rings. The molecule has 0 amide bonds. The molecule has 0 saturated carbocycles. The zero-order valence-electron chi connectivity index (χ0n) is 9.14. The molecule has 0 aliphatic heterocycles. The fraction of sp³-hybridized carbons (Fsp3) is 0. The molecular weight excluding hydrogens is 326 g/mol. The van der Waals surface area contributed by atoms with Crippen molar-refractivity contribution in [1.82, 2.24) is 4.98 Å². The molecule has 0 aliphatic rings. The molecule has 0 aliphatic carbocycles. The van der Waals surface area contributed by atoms with E-state index in [4.69, 9.17) is 4.74 Å². The standard InChI is InChI=1S/C11H5BrF2N2O3/c12-6-4-8(16(17)18)9(5-7(6)13)19-11-3-1-2-10(14)15-11/h1-5H. The number of hydrogen-bond donors (Lipinski definition) is 0. The highest BCUT2D eigenvalue weighted by Crippen LogP contribution is 2.34. The smallest absolute Gasteiger partial charge is 0.312 e. The van der Waals surface area contributed by atoms with Crippen LogP contribution in [-0.4, -0.2) is 9.91 Å². The van der Waals surface area contributed by atoms with E-state index in [2.05, 4.69) is 20.9 Å². The van der Waals surface area contributed by atoms with Crippen LogP contribution in [0.3, 0.4) is 0 Å². The summed E-state index contributed by atoms with van der Waals surface area (Å²) in [7, 11) is 0. The van der Waals surface area contributed by atoms with Crippen LogP contribution in [-0.2, 0) is 0 Å². The number of rotatable bonds is 3. The van der Waals surface area contributed by atoms with E-state index in [-0.39, 0.29) is 16.1 Å². The van der Waals surface area contributed by atoms with Crippen molar-refractivity contribution in [2.45, 2.75) is 0 Å². The molecule has 0 saturated heterocycles. The molecule has 1 aromatic heterocycles. The second-order valence-corrected chi connectivity index (χ2v) is 4.25. The van der Waals surface area contributed by atoms with Crippen molar-refractivity contribution >= 4 is 21.6 Å². The van der Waals surface area contributed by atoms with E-state index in [1.165, 1.54) is 12.1 Å². The molecule has 5 nitrogen and oxygen atoms in total. The van der Waals surface area contributed by atoms with Gasteiger partial charge in [0.1, 0.15) is 5.82 Å². The Bertz CT molecular complexity index is 652. The summed E-state index contributed by atoms with van der Waals surface area (Å²) in [5.74, 6) is -2.11. The summed E-state index contributed by atoms with van der Waals surface area (Å²) in [4.78, 5) is 13.5. The molecule has 0 spiro atoms. The van der Waals surface area contributed by atoms with Crippen molar-refractivity contribution < 1.29 is 18.4 Å². The summed E-state index contributed by atoms with van der Waals surface area (Å²) in [5, 5.41) is 10.8. The lowest BCUT2D eigenvalue weighted by Crippen LogP contribution is -1.97. The van der Waals surface area contributed by atoms with Crippen LogP contribution in [0.15, 0.2) is 34.8 Å². The highest BCUT2D eigenvalue weighted by molar-refractivity contribution is 9.10.